The summed E-state index contributed by atoms with van der Waals surface area (Å²) in [5, 5.41) is 2.69. The van der Waals surface area contributed by atoms with Crippen LogP contribution in [0.3, 0.4) is 0 Å². The van der Waals surface area contributed by atoms with E-state index >= 15 is 0 Å². The van der Waals surface area contributed by atoms with Crippen LogP contribution >= 0.6 is 23.5 Å². The number of rotatable bonds is 5. The average Bonchev–Trinajstić information content (AvgIpc) is 2.62. The Morgan fingerprint density at radius 2 is 1.92 bits per heavy atom. The molecule has 0 aromatic heterocycles. The standard InChI is InChI=1S/C18H16F2N2OS2/c19-14-5-3-6-15(20)13(14)8-9-21-17(23)11-25-18-22-16-7-2-1-4-12(16)10-24-18/h1-7H,8-11H2,(H,21,23). The number of nitrogens with zero attached hydrogens (tertiary/aromatic N) is 1. The lowest BCUT2D eigenvalue weighted by Gasteiger charge is -2.14. The second kappa shape index (κ2) is 8.49. The summed E-state index contributed by atoms with van der Waals surface area (Å²) >= 11 is 2.98. The van der Waals surface area contributed by atoms with Crippen LogP contribution in [0.5, 0.6) is 0 Å². The summed E-state index contributed by atoms with van der Waals surface area (Å²) in [5.41, 5.74) is 2.13. The molecule has 1 heterocycles. The summed E-state index contributed by atoms with van der Waals surface area (Å²) in [5.74, 6) is -0.279. The van der Waals surface area contributed by atoms with Crippen molar-refractivity contribution in [3.63, 3.8) is 0 Å². The summed E-state index contributed by atoms with van der Waals surface area (Å²) < 4.78 is 27.9. The van der Waals surface area contributed by atoms with E-state index in [2.05, 4.69) is 10.3 Å². The fourth-order valence-corrected chi connectivity index (χ4v) is 4.25. The third kappa shape index (κ3) is 4.83. The van der Waals surface area contributed by atoms with Crippen LogP contribution < -0.4 is 5.32 Å². The molecule has 7 heteroatoms. The van der Waals surface area contributed by atoms with Gasteiger partial charge in [-0.25, -0.2) is 13.8 Å². The third-order valence-corrected chi connectivity index (χ3v) is 5.89. The fraction of sp³-hybridized carbons (Fsp3) is 0.222. The molecule has 0 saturated heterocycles. The predicted molar refractivity (Wildman–Crippen MR) is 100 cm³/mol. The minimum Gasteiger partial charge on any atom is -0.355 e. The van der Waals surface area contributed by atoms with Crippen molar-refractivity contribution in [3.8, 4) is 0 Å². The minimum absolute atomic E-state index is 0.000675. The van der Waals surface area contributed by atoms with Gasteiger partial charge in [-0.1, -0.05) is 47.8 Å². The number of halogens is 2. The Morgan fingerprint density at radius 1 is 1.16 bits per heavy atom. The highest BCUT2D eigenvalue weighted by atomic mass is 32.2. The van der Waals surface area contributed by atoms with Gasteiger partial charge in [0.05, 0.1) is 11.4 Å². The monoisotopic (exact) mass is 378 g/mol. The molecule has 1 N–H and O–H groups in total. The maximum atomic E-state index is 13.5. The Labute approximate surface area is 153 Å². The van der Waals surface area contributed by atoms with Crippen LogP contribution in [0.4, 0.5) is 14.5 Å². The van der Waals surface area contributed by atoms with Crippen molar-refractivity contribution in [1.29, 1.82) is 0 Å². The van der Waals surface area contributed by atoms with E-state index in [1.54, 1.807) is 11.8 Å². The Kier molecular flexibility index (Phi) is 6.09. The molecule has 2 aromatic carbocycles. The smallest absolute Gasteiger partial charge is 0.230 e. The first-order chi connectivity index (χ1) is 12.1. The van der Waals surface area contributed by atoms with E-state index in [-0.39, 0.29) is 30.2 Å². The molecular weight excluding hydrogens is 362 g/mol. The normalized spacial score (nSPS) is 13.1. The largest absolute Gasteiger partial charge is 0.355 e. The molecule has 0 radical (unpaired) electrons. The molecule has 1 amide bonds. The van der Waals surface area contributed by atoms with Crippen LogP contribution in [0.25, 0.3) is 0 Å². The molecule has 0 aliphatic carbocycles. The van der Waals surface area contributed by atoms with E-state index in [0.29, 0.717) is 0 Å². The van der Waals surface area contributed by atoms with Gasteiger partial charge >= 0.3 is 0 Å². The number of nitrogens with one attached hydrogen (secondary N) is 1. The van der Waals surface area contributed by atoms with Gasteiger partial charge in [0.1, 0.15) is 16.0 Å². The summed E-state index contributed by atoms with van der Waals surface area (Å²) in [4.78, 5) is 16.4. The summed E-state index contributed by atoms with van der Waals surface area (Å²) in [7, 11) is 0. The van der Waals surface area contributed by atoms with Gasteiger partial charge in [-0.05, 0) is 30.2 Å². The molecular formula is C18H16F2N2OS2. The Hall–Kier alpha value is -1.86. The second-order valence-electron chi connectivity index (χ2n) is 5.38. The van der Waals surface area contributed by atoms with Gasteiger partial charge < -0.3 is 5.32 Å². The maximum absolute atomic E-state index is 13.5. The molecule has 3 rings (SSSR count). The number of fused-ring (bicyclic) bond motifs is 1. The summed E-state index contributed by atoms with van der Waals surface area (Å²) in [6, 6.07) is 11.7. The number of hydrogen-bond donors (Lipinski definition) is 1. The Balaban J connectivity index is 1.45. The number of hydrogen-bond acceptors (Lipinski definition) is 4. The number of benzene rings is 2. The van der Waals surface area contributed by atoms with Crippen LogP contribution in [0.15, 0.2) is 47.5 Å². The van der Waals surface area contributed by atoms with Gasteiger partial charge in [0, 0.05) is 17.9 Å². The minimum atomic E-state index is -0.588. The number of para-hydroxylation sites is 1. The highest BCUT2D eigenvalue weighted by Gasteiger charge is 2.14. The van der Waals surface area contributed by atoms with Gasteiger partial charge in [-0.2, -0.15) is 0 Å². The lowest BCUT2D eigenvalue weighted by Crippen LogP contribution is -2.28. The molecule has 0 atom stereocenters. The number of thioether (sulfide) groups is 2. The van der Waals surface area contributed by atoms with Crippen LogP contribution in [0.2, 0.25) is 0 Å². The maximum Gasteiger partial charge on any atom is 0.230 e. The molecule has 0 bridgehead atoms. The molecule has 25 heavy (non-hydrogen) atoms. The highest BCUT2D eigenvalue weighted by molar-refractivity contribution is 8.38. The number of aliphatic imine (C=N–C) groups is 1. The van der Waals surface area contributed by atoms with Crippen LogP contribution in [0, 0.1) is 11.6 Å². The van der Waals surface area contributed by atoms with Gasteiger partial charge in [-0.15, -0.1) is 0 Å². The first-order valence-corrected chi connectivity index (χ1v) is 9.72. The second-order valence-corrected chi connectivity index (χ2v) is 7.57. The van der Waals surface area contributed by atoms with E-state index in [9.17, 15) is 13.6 Å². The molecule has 1 aliphatic heterocycles. The van der Waals surface area contributed by atoms with E-state index in [1.807, 2.05) is 24.3 Å². The van der Waals surface area contributed by atoms with Crippen molar-refractivity contribution >= 4 is 39.5 Å². The van der Waals surface area contributed by atoms with E-state index in [1.165, 1.54) is 35.5 Å². The summed E-state index contributed by atoms with van der Waals surface area (Å²) in [6.45, 7) is 0.194. The molecule has 130 valence electrons. The quantitative estimate of drug-likeness (QED) is 0.844. The van der Waals surface area contributed by atoms with E-state index < -0.39 is 11.6 Å². The molecule has 3 nitrogen and oxygen atoms in total. The van der Waals surface area contributed by atoms with Crippen molar-refractivity contribution in [2.24, 2.45) is 4.99 Å². The van der Waals surface area contributed by atoms with Crippen LogP contribution in [-0.2, 0) is 17.0 Å². The number of carbonyl (C=O) groups excluding carboxylic acids is 1. The SMILES string of the molecule is O=C(CSC1=Nc2ccccc2CS1)NCCc1c(F)cccc1F. The number of amides is 1. The Bertz CT molecular complexity index is 791. The topological polar surface area (TPSA) is 41.5 Å². The van der Waals surface area contributed by atoms with Crippen molar-refractivity contribution in [2.45, 2.75) is 12.2 Å². The van der Waals surface area contributed by atoms with Gasteiger partial charge in [0.25, 0.3) is 0 Å². The molecule has 2 aromatic rings. The van der Waals surface area contributed by atoms with Gasteiger partial charge in [0.2, 0.25) is 5.91 Å². The third-order valence-electron chi connectivity index (χ3n) is 3.64. The fourth-order valence-electron chi connectivity index (χ4n) is 2.36. The highest BCUT2D eigenvalue weighted by Crippen LogP contribution is 2.34. The summed E-state index contributed by atoms with van der Waals surface area (Å²) in [6.07, 6.45) is 0.123. The molecule has 1 aliphatic rings. The van der Waals surface area contributed by atoms with Crippen molar-refractivity contribution in [1.82, 2.24) is 5.32 Å². The zero-order valence-corrected chi connectivity index (χ0v) is 14.9. The van der Waals surface area contributed by atoms with Crippen molar-refractivity contribution in [3.05, 3.63) is 65.2 Å². The Morgan fingerprint density at radius 3 is 2.72 bits per heavy atom. The zero-order chi connectivity index (χ0) is 17.6. The first-order valence-electron chi connectivity index (χ1n) is 7.75. The van der Waals surface area contributed by atoms with Crippen molar-refractivity contribution < 1.29 is 13.6 Å². The van der Waals surface area contributed by atoms with E-state index in [4.69, 9.17) is 0 Å². The molecule has 0 fully saturated rings. The predicted octanol–water partition coefficient (Wildman–Crippen LogP) is 4.29. The van der Waals surface area contributed by atoms with Crippen molar-refractivity contribution in [2.75, 3.05) is 12.3 Å². The average molecular weight is 378 g/mol. The molecule has 0 spiro atoms. The first kappa shape index (κ1) is 17.9. The lowest BCUT2D eigenvalue weighted by atomic mass is 10.1. The molecule has 0 saturated carbocycles. The van der Waals surface area contributed by atoms with Gasteiger partial charge in [0.15, 0.2) is 0 Å². The van der Waals surface area contributed by atoms with Crippen LogP contribution in [-0.4, -0.2) is 22.6 Å². The van der Waals surface area contributed by atoms with Crippen LogP contribution in [0.1, 0.15) is 11.1 Å². The van der Waals surface area contributed by atoms with Gasteiger partial charge in [-0.3, -0.25) is 4.79 Å². The number of carbonyl (C=O) groups is 1. The zero-order valence-electron chi connectivity index (χ0n) is 13.3. The van der Waals surface area contributed by atoms with E-state index in [0.717, 1.165) is 15.8 Å². The molecule has 0 unspecified atom stereocenters. The lowest BCUT2D eigenvalue weighted by molar-refractivity contribution is -0.118.